The number of rotatable bonds is 9. The highest BCUT2D eigenvalue weighted by Crippen LogP contribution is 2.35. The number of aromatic nitrogens is 3. The maximum Gasteiger partial charge on any atom is 0.239 e. The van der Waals surface area contributed by atoms with Crippen LogP contribution in [0, 0.1) is 10.5 Å². The lowest BCUT2D eigenvalue weighted by molar-refractivity contribution is -0.126. The van der Waals surface area contributed by atoms with E-state index in [1.807, 2.05) is 66.1 Å². The van der Waals surface area contributed by atoms with Gasteiger partial charge in [-0.3, -0.25) is 19.1 Å². The van der Waals surface area contributed by atoms with Crippen LogP contribution in [0.1, 0.15) is 40.8 Å². The van der Waals surface area contributed by atoms with Crippen LogP contribution in [0.3, 0.4) is 0 Å². The number of aliphatic imine (C=N–C) groups is 1. The molecule has 1 atom stereocenters. The number of nitrogens with one attached hydrogen (secondary N) is 2. The van der Waals surface area contributed by atoms with Crippen molar-refractivity contribution in [2.75, 3.05) is 20.2 Å². The van der Waals surface area contributed by atoms with Crippen LogP contribution in [-0.2, 0) is 16.0 Å². The Labute approximate surface area is 278 Å². The van der Waals surface area contributed by atoms with E-state index in [9.17, 15) is 19.8 Å². The molecule has 0 radical (unpaired) electrons. The van der Waals surface area contributed by atoms with Gasteiger partial charge in [0, 0.05) is 26.6 Å². The number of hydrogen-bond acceptors (Lipinski definition) is 8. The maximum atomic E-state index is 13.2. The molecule has 0 aliphatic carbocycles. The summed E-state index contributed by atoms with van der Waals surface area (Å²) in [5.74, 6) is 0.803. The highest BCUT2D eigenvalue weighted by molar-refractivity contribution is 14.1. The number of nitrogens with zero attached hydrogens (tertiary/aromatic N) is 4. The van der Waals surface area contributed by atoms with Crippen molar-refractivity contribution < 1.29 is 24.5 Å². The molecule has 4 N–H and O–H groups in total. The van der Waals surface area contributed by atoms with Gasteiger partial charge in [0.25, 0.3) is 0 Å². The fraction of sp³-hybridized carbons (Fsp3) is 0.206. The molecule has 11 nitrogen and oxygen atoms in total. The van der Waals surface area contributed by atoms with Gasteiger partial charge in [-0.15, -0.1) is 10.2 Å². The molecule has 0 saturated carbocycles. The highest BCUT2D eigenvalue weighted by Gasteiger charge is 2.30. The van der Waals surface area contributed by atoms with E-state index < -0.39 is 6.04 Å². The molecule has 0 fully saturated rings. The van der Waals surface area contributed by atoms with E-state index in [1.54, 1.807) is 19.2 Å². The first kappa shape index (κ1) is 31.0. The molecule has 0 unspecified atom stereocenters. The van der Waals surface area contributed by atoms with Crippen LogP contribution in [0.25, 0.3) is 16.5 Å². The molecule has 0 bridgehead atoms. The first-order valence-electron chi connectivity index (χ1n) is 14.6. The van der Waals surface area contributed by atoms with Crippen molar-refractivity contribution in [3.63, 3.8) is 0 Å². The highest BCUT2D eigenvalue weighted by atomic mass is 127. The number of aromatic hydroxyl groups is 2. The number of hydrogen-bond donors (Lipinski definition) is 4. The van der Waals surface area contributed by atoms with Gasteiger partial charge in [-0.2, -0.15) is 0 Å². The summed E-state index contributed by atoms with van der Waals surface area (Å²) in [6, 6.07) is 21.8. The van der Waals surface area contributed by atoms with Gasteiger partial charge in [0.2, 0.25) is 11.8 Å². The predicted molar refractivity (Wildman–Crippen MR) is 182 cm³/mol. The van der Waals surface area contributed by atoms with E-state index in [2.05, 4.69) is 43.4 Å². The Balaban J connectivity index is 1.15. The van der Waals surface area contributed by atoms with Crippen LogP contribution in [0.2, 0.25) is 0 Å². The van der Waals surface area contributed by atoms with Crippen molar-refractivity contribution in [3.05, 3.63) is 105 Å². The monoisotopic (exact) mass is 730 g/mol. The van der Waals surface area contributed by atoms with Crippen LogP contribution >= 0.6 is 22.6 Å². The molecule has 5 aromatic rings. The van der Waals surface area contributed by atoms with Gasteiger partial charge in [0.15, 0.2) is 17.3 Å². The zero-order valence-electron chi connectivity index (χ0n) is 25.1. The number of amides is 2. The lowest BCUT2D eigenvalue weighted by Gasteiger charge is -2.14. The van der Waals surface area contributed by atoms with Crippen molar-refractivity contribution in [3.8, 4) is 22.9 Å². The third kappa shape index (κ3) is 6.38. The van der Waals surface area contributed by atoms with Gasteiger partial charge < -0.3 is 25.6 Å². The first-order chi connectivity index (χ1) is 22.2. The predicted octanol–water partition coefficient (Wildman–Crippen LogP) is 4.51. The fourth-order valence-corrected chi connectivity index (χ4v) is 5.87. The lowest BCUT2D eigenvalue weighted by Crippen LogP contribution is -2.38. The summed E-state index contributed by atoms with van der Waals surface area (Å²) < 4.78 is 8.53. The number of phenolic OH excluding ortho intramolecular Hbond substituents is 2. The summed E-state index contributed by atoms with van der Waals surface area (Å²) in [4.78, 5) is 30.9. The van der Waals surface area contributed by atoms with Gasteiger partial charge in [-0.1, -0.05) is 30.3 Å². The third-order valence-corrected chi connectivity index (χ3v) is 8.57. The van der Waals surface area contributed by atoms with Gasteiger partial charge in [-0.25, -0.2) is 0 Å². The van der Waals surface area contributed by atoms with Crippen LogP contribution in [0.5, 0.6) is 17.2 Å². The molecular weight excluding hydrogens is 699 g/mol. The number of methoxy groups -OCH3 is 1. The summed E-state index contributed by atoms with van der Waals surface area (Å²) in [6.45, 7) is 1.98. The van der Waals surface area contributed by atoms with E-state index in [0.717, 1.165) is 31.3 Å². The van der Waals surface area contributed by atoms with Crippen LogP contribution < -0.4 is 15.4 Å². The zero-order valence-corrected chi connectivity index (χ0v) is 27.3. The minimum Gasteiger partial charge on any atom is -0.504 e. The van der Waals surface area contributed by atoms with E-state index in [0.29, 0.717) is 41.5 Å². The summed E-state index contributed by atoms with van der Waals surface area (Å²) in [5, 5.41) is 35.6. The number of fused-ring (bicyclic) bond motifs is 4. The van der Waals surface area contributed by atoms with Crippen molar-refractivity contribution >= 4 is 50.9 Å². The van der Waals surface area contributed by atoms with E-state index >= 15 is 0 Å². The Bertz CT molecular complexity index is 1990. The second-order valence-electron chi connectivity index (χ2n) is 10.9. The van der Waals surface area contributed by atoms with Gasteiger partial charge in [-0.05, 0) is 89.3 Å². The minimum absolute atomic E-state index is 0.0438. The average molecular weight is 731 g/mol. The molecule has 0 saturated heterocycles. The minimum atomic E-state index is -0.666. The van der Waals surface area contributed by atoms with Gasteiger partial charge >= 0.3 is 0 Å². The maximum absolute atomic E-state index is 13.2. The summed E-state index contributed by atoms with van der Waals surface area (Å²) in [6.07, 6.45) is 0.459. The number of phenols is 2. The van der Waals surface area contributed by atoms with E-state index in [4.69, 9.17) is 9.73 Å². The van der Waals surface area contributed by atoms with Crippen LogP contribution in [0.15, 0.2) is 77.8 Å². The molecule has 2 amide bonds. The topological polar surface area (TPSA) is 151 Å². The number of aryl methyl sites for hydroxylation is 1. The SMILES string of the molecule is COc1ccc2c(c1)C(c1ccc(I)cc1)=N[C@@H](CC(=O)NCC(=O)NCCc1ccc3ccc(O)c(O)c3c1)c1nnc(C)n1-2. The van der Waals surface area contributed by atoms with Crippen molar-refractivity contribution in [2.45, 2.75) is 25.8 Å². The quantitative estimate of drug-likeness (QED) is 0.129. The smallest absolute Gasteiger partial charge is 0.239 e. The van der Waals surface area contributed by atoms with Crippen LogP contribution in [-0.4, -0.2) is 62.7 Å². The molecule has 234 valence electrons. The molecule has 2 heterocycles. The summed E-state index contributed by atoms with van der Waals surface area (Å²) >= 11 is 2.26. The molecule has 1 aliphatic rings. The van der Waals surface area contributed by atoms with E-state index in [-0.39, 0.29) is 36.3 Å². The number of carbonyl (C=O) groups excluding carboxylic acids is 2. The summed E-state index contributed by atoms with van der Waals surface area (Å²) in [7, 11) is 1.61. The second-order valence-corrected chi connectivity index (χ2v) is 12.1. The normalized spacial score (nSPS) is 13.7. The Hall–Kier alpha value is -4.98. The van der Waals surface area contributed by atoms with Crippen molar-refractivity contribution in [1.29, 1.82) is 0 Å². The van der Waals surface area contributed by atoms with Gasteiger partial charge in [0.05, 0.1) is 31.5 Å². The third-order valence-electron chi connectivity index (χ3n) is 7.85. The largest absolute Gasteiger partial charge is 0.504 e. The first-order valence-corrected chi connectivity index (χ1v) is 15.7. The Morgan fingerprint density at radius 3 is 2.52 bits per heavy atom. The molecular formula is C34H31IN6O5. The number of halogens is 1. The van der Waals surface area contributed by atoms with E-state index in [1.165, 1.54) is 6.07 Å². The molecule has 1 aromatic heterocycles. The second kappa shape index (κ2) is 13.2. The average Bonchev–Trinajstić information content (AvgIpc) is 3.38. The van der Waals surface area contributed by atoms with Crippen molar-refractivity contribution in [2.24, 2.45) is 4.99 Å². The lowest BCUT2D eigenvalue weighted by atomic mass is 10.00. The van der Waals surface area contributed by atoms with Crippen molar-refractivity contribution in [1.82, 2.24) is 25.4 Å². The van der Waals surface area contributed by atoms with Gasteiger partial charge in [0.1, 0.15) is 17.6 Å². The summed E-state index contributed by atoms with van der Waals surface area (Å²) in [5.41, 5.74) is 4.12. The van der Waals surface area contributed by atoms with Crippen LogP contribution in [0.4, 0.5) is 0 Å². The standard InChI is InChI=1S/C34H31IN6O5/c1-19-39-40-34-27(38-32(22-5-8-23(35)9-6-22)26-16-24(46-2)10-11-28(26)41(19)34)17-30(43)37-18-31(44)36-14-13-20-3-4-21-7-12-29(42)33(45)25(21)15-20/h3-12,15-16,27,42,45H,13-14,17-18H2,1-2H3,(H,36,44)(H,37,43)/t27-/m0/s1. The molecule has 6 rings (SSSR count). The zero-order chi connectivity index (χ0) is 32.4. The Morgan fingerprint density at radius 2 is 1.74 bits per heavy atom. The molecule has 46 heavy (non-hydrogen) atoms. The Morgan fingerprint density at radius 1 is 0.957 bits per heavy atom. The number of benzene rings is 4. The molecule has 12 heteroatoms. The number of ether oxygens (including phenoxy) is 1. The Kier molecular flexibility index (Phi) is 8.88. The molecule has 0 spiro atoms. The molecule has 4 aromatic carbocycles. The molecule has 1 aliphatic heterocycles. The number of carbonyl (C=O) groups is 2. The fourth-order valence-electron chi connectivity index (χ4n) is 5.51.